The van der Waals surface area contributed by atoms with Crippen LogP contribution < -0.4 is 10.6 Å². The van der Waals surface area contributed by atoms with Crippen LogP contribution in [0.5, 0.6) is 0 Å². The molecule has 0 bridgehead atoms. The van der Waals surface area contributed by atoms with Crippen LogP contribution >= 0.6 is 0 Å². The fourth-order valence-corrected chi connectivity index (χ4v) is 2.13. The van der Waals surface area contributed by atoms with E-state index in [0.717, 1.165) is 22.5 Å². The highest BCUT2D eigenvalue weighted by Gasteiger charge is 2.19. The van der Waals surface area contributed by atoms with Crippen LogP contribution in [0.4, 0.5) is 11.6 Å². The predicted molar refractivity (Wildman–Crippen MR) is 88.2 cm³/mol. The van der Waals surface area contributed by atoms with E-state index in [2.05, 4.69) is 15.8 Å². The Balaban J connectivity index is 1.95. The molecule has 1 heterocycles. The minimum absolute atomic E-state index is 0.108. The molecule has 0 spiro atoms. The van der Waals surface area contributed by atoms with Crippen LogP contribution in [0.2, 0.25) is 0 Å². The van der Waals surface area contributed by atoms with Crippen LogP contribution in [0.1, 0.15) is 37.6 Å². The van der Waals surface area contributed by atoms with E-state index in [1.54, 1.807) is 6.07 Å². The monoisotopic (exact) mass is 301 g/mol. The fraction of sp³-hybridized carbons (Fsp3) is 0.412. The van der Waals surface area contributed by atoms with Crippen LogP contribution in [0.25, 0.3) is 0 Å². The van der Waals surface area contributed by atoms with E-state index < -0.39 is 0 Å². The van der Waals surface area contributed by atoms with Crippen molar-refractivity contribution in [2.75, 3.05) is 17.2 Å². The molecule has 0 aliphatic rings. The maximum absolute atomic E-state index is 12.0. The van der Waals surface area contributed by atoms with Gasteiger partial charge in [0, 0.05) is 17.2 Å². The summed E-state index contributed by atoms with van der Waals surface area (Å²) >= 11 is 0. The lowest BCUT2D eigenvalue weighted by atomic mass is 9.92. The van der Waals surface area contributed by atoms with Crippen LogP contribution in [-0.4, -0.2) is 17.6 Å². The summed E-state index contributed by atoms with van der Waals surface area (Å²) in [5.74, 6) is 0.206. The van der Waals surface area contributed by atoms with Crippen LogP contribution in [0, 0.1) is 13.8 Å². The van der Waals surface area contributed by atoms with Gasteiger partial charge >= 0.3 is 0 Å². The third-order valence-electron chi connectivity index (χ3n) is 3.45. The number of hydrogen-bond acceptors (Lipinski definition) is 4. The van der Waals surface area contributed by atoms with Gasteiger partial charge in [0.15, 0.2) is 0 Å². The Hall–Kier alpha value is -2.30. The first kappa shape index (κ1) is 16.1. The van der Waals surface area contributed by atoms with E-state index in [-0.39, 0.29) is 17.9 Å². The standard InChI is InChI=1S/C17H23N3O2/c1-11-7-6-8-12(2)16(11)18-10-14(21)19-15-9-13(20-22-15)17(3,4)5/h6-9,18H,10H2,1-5H3,(H,19,21). The Morgan fingerprint density at radius 1 is 1.23 bits per heavy atom. The predicted octanol–water partition coefficient (Wildman–Crippen LogP) is 3.64. The second-order valence-electron chi connectivity index (χ2n) is 6.49. The SMILES string of the molecule is Cc1cccc(C)c1NCC(=O)Nc1cc(C(C)(C)C)no1. The van der Waals surface area contributed by atoms with Crippen molar-refractivity contribution in [1.82, 2.24) is 5.16 Å². The van der Waals surface area contributed by atoms with Crippen LogP contribution in [-0.2, 0) is 10.2 Å². The molecule has 0 aliphatic carbocycles. The average Bonchev–Trinajstić information content (AvgIpc) is 2.86. The second-order valence-corrected chi connectivity index (χ2v) is 6.49. The number of anilines is 2. The van der Waals surface area contributed by atoms with Crippen molar-refractivity contribution in [3.8, 4) is 0 Å². The van der Waals surface area contributed by atoms with E-state index in [1.807, 2.05) is 52.8 Å². The lowest BCUT2D eigenvalue weighted by molar-refractivity contribution is -0.114. The van der Waals surface area contributed by atoms with E-state index in [1.165, 1.54) is 0 Å². The van der Waals surface area contributed by atoms with Crippen molar-refractivity contribution in [1.29, 1.82) is 0 Å². The number of hydrogen-bond donors (Lipinski definition) is 2. The molecule has 0 saturated carbocycles. The smallest absolute Gasteiger partial charge is 0.246 e. The molecule has 0 unspecified atom stereocenters. The summed E-state index contributed by atoms with van der Waals surface area (Å²) in [4.78, 5) is 12.0. The van der Waals surface area contributed by atoms with Gasteiger partial charge in [-0.1, -0.05) is 44.1 Å². The molecule has 5 heteroatoms. The number of aryl methyl sites for hydroxylation is 2. The number of nitrogens with zero attached hydrogens (tertiary/aromatic N) is 1. The van der Waals surface area contributed by atoms with Crippen LogP contribution in [0.15, 0.2) is 28.8 Å². The van der Waals surface area contributed by atoms with Gasteiger partial charge in [-0.3, -0.25) is 10.1 Å². The first-order chi connectivity index (χ1) is 10.3. The molecule has 1 aromatic carbocycles. The van der Waals surface area contributed by atoms with Gasteiger partial charge < -0.3 is 9.84 Å². The molecule has 118 valence electrons. The quantitative estimate of drug-likeness (QED) is 0.904. The topological polar surface area (TPSA) is 67.2 Å². The van der Waals surface area contributed by atoms with Crippen molar-refractivity contribution in [3.05, 3.63) is 41.1 Å². The molecule has 0 fully saturated rings. The molecule has 0 aliphatic heterocycles. The highest BCUT2D eigenvalue weighted by atomic mass is 16.5. The maximum atomic E-state index is 12.0. The van der Waals surface area contributed by atoms with Gasteiger partial charge in [0.1, 0.15) is 0 Å². The number of nitrogens with one attached hydrogen (secondary N) is 2. The molecule has 1 aromatic heterocycles. The lowest BCUT2D eigenvalue weighted by Crippen LogP contribution is -2.22. The van der Waals surface area contributed by atoms with Crippen molar-refractivity contribution < 1.29 is 9.32 Å². The Kier molecular flexibility index (Phi) is 4.54. The zero-order chi connectivity index (χ0) is 16.3. The summed E-state index contributed by atoms with van der Waals surface area (Å²) in [6, 6.07) is 7.79. The van der Waals surface area contributed by atoms with Crippen molar-refractivity contribution >= 4 is 17.5 Å². The highest BCUT2D eigenvalue weighted by molar-refractivity contribution is 5.92. The summed E-state index contributed by atoms with van der Waals surface area (Å²) < 4.78 is 5.15. The highest BCUT2D eigenvalue weighted by Crippen LogP contribution is 2.23. The van der Waals surface area contributed by atoms with Crippen molar-refractivity contribution in [3.63, 3.8) is 0 Å². The molecule has 5 nitrogen and oxygen atoms in total. The van der Waals surface area contributed by atoms with E-state index in [4.69, 9.17) is 4.52 Å². The lowest BCUT2D eigenvalue weighted by Gasteiger charge is -2.12. The second kappa shape index (κ2) is 6.22. The molecule has 2 N–H and O–H groups in total. The number of carbonyl (C=O) groups is 1. The maximum Gasteiger partial charge on any atom is 0.246 e. The number of benzene rings is 1. The average molecular weight is 301 g/mol. The Labute approximate surface area is 131 Å². The third kappa shape index (κ3) is 3.87. The number of rotatable bonds is 4. The molecular formula is C17H23N3O2. The molecule has 0 atom stereocenters. The third-order valence-corrected chi connectivity index (χ3v) is 3.45. The number of carbonyl (C=O) groups excluding carboxylic acids is 1. The van der Waals surface area contributed by atoms with Crippen molar-refractivity contribution in [2.45, 2.75) is 40.0 Å². The zero-order valence-corrected chi connectivity index (χ0v) is 13.8. The molecule has 0 radical (unpaired) electrons. The number of amides is 1. The fourth-order valence-electron chi connectivity index (χ4n) is 2.13. The largest absolute Gasteiger partial charge is 0.376 e. The van der Waals surface area contributed by atoms with Gasteiger partial charge in [-0.05, 0) is 25.0 Å². The first-order valence-corrected chi connectivity index (χ1v) is 7.34. The van der Waals surface area contributed by atoms with Gasteiger partial charge in [0.2, 0.25) is 11.8 Å². The van der Waals surface area contributed by atoms with Gasteiger partial charge in [-0.2, -0.15) is 0 Å². The first-order valence-electron chi connectivity index (χ1n) is 7.34. The van der Waals surface area contributed by atoms with Crippen LogP contribution in [0.3, 0.4) is 0 Å². The molecular weight excluding hydrogens is 278 g/mol. The summed E-state index contributed by atoms with van der Waals surface area (Å²) in [6.07, 6.45) is 0. The molecule has 1 amide bonds. The molecule has 22 heavy (non-hydrogen) atoms. The Bertz CT molecular complexity index is 649. The summed E-state index contributed by atoms with van der Waals surface area (Å²) in [5, 5.41) is 9.85. The van der Waals surface area contributed by atoms with E-state index >= 15 is 0 Å². The molecule has 2 aromatic rings. The molecule has 0 saturated heterocycles. The van der Waals surface area contributed by atoms with Gasteiger partial charge in [0.05, 0.1) is 12.2 Å². The Morgan fingerprint density at radius 2 is 1.86 bits per heavy atom. The van der Waals surface area contributed by atoms with E-state index in [0.29, 0.717) is 5.88 Å². The summed E-state index contributed by atoms with van der Waals surface area (Å²) in [7, 11) is 0. The minimum Gasteiger partial charge on any atom is -0.376 e. The Morgan fingerprint density at radius 3 is 2.41 bits per heavy atom. The summed E-state index contributed by atoms with van der Waals surface area (Å²) in [5.41, 5.74) is 3.92. The van der Waals surface area contributed by atoms with Gasteiger partial charge in [-0.25, -0.2) is 0 Å². The normalized spacial score (nSPS) is 11.3. The minimum atomic E-state index is -0.167. The van der Waals surface area contributed by atoms with E-state index in [9.17, 15) is 4.79 Å². The van der Waals surface area contributed by atoms with Crippen molar-refractivity contribution in [2.24, 2.45) is 0 Å². The van der Waals surface area contributed by atoms with Gasteiger partial charge in [0.25, 0.3) is 0 Å². The molecule has 2 rings (SSSR count). The number of aromatic nitrogens is 1. The number of para-hydroxylation sites is 1. The zero-order valence-electron chi connectivity index (χ0n) is 13.8. The van der Waals surface area contributed by atoms with Gasteiger partial charge in [-0.15, -0.1) is 0 Å². The summed E-state index contributed by atoms with van der Waals surface area (Å²) in [6.45, 7) is 10.3.